The van der Waals surface area contributed by atoms with E-state index in [1.807, 2.05) is 0 Å². The maximum absolute atomic E-state index is 12.2. The van der Waals surface area contributed by atoms with Gasteiger partial charge in [0.15, 0.2) is 5.25 Å². The lowest BCUT2D eigenvalue weighted by molar-refractivity contribution is -0.143. The number of carbonyl (C=O) groups is 1. The highest BCUT2D eigenvalue weighted by molar-refractivity contribution is 7.90. The van der Waals surface area contributed by atoms with Crippen molar-refractivity contribution in [3.8, 4) is 6.07 Å². The third-order valence-electron chi connectivity index (χ3n) is 2.37. The zero-order chi connectivity index (χ0) is 14.3. The number of esters is 1. The van der Waals surface area contributed by atoms with E-state index in [1.165, 1.54) is 0 Å². The lowest BCUT2D eigenvalue weighted by atomic mass is 10.4. The third-order valence-corrected chi connectivity index (χ3v) is 4.73. The van der Waals surface area contributed by atoms with E-state index >= 15 is 0 Å². The minimum absolute atomic E-state index is 0.185. The van der Waals surface area contributed by atoms with Crippen LogP contribution in [-0.4, -0.2) is 43.1 Å². The van der Waals surface area contributed by atoms with Gasteiger partial charge in [0.1, 0.15) is 6.54 Å². The molecule has 0 N–H and O–H groups in total. The highest BCUT2D eigenvalue weighted by atomic mass is 32.2. The Hall–Kier alpha value is -1.13. The van der Waals surface area contributed by atoms with Crippen molar-refractivity contribution in [2.24, 2.45) is 0 Å². The van der Waals surface area contributed by atoms with E-state index in [1.54, 1.807) is 33.8 Å². The number of hydrogen-bond donors (Lipinski definition) is 0. The third kappa shape index (κ3) is 4.27. The van der Waals surface area contributed by atoms with Gasteiger partial charge < -0.3 is 4.74 Å². The molecule has 0 rings (SSSR count). The summed E-state index contributed by atoms with van der Waals surface area (Å²) in [6, 6.07) is 1.35. The van der Waals surface area contributed by atoms with Gasteiger partial charge in [-0.25, -0.2) is 8.42 Å². The topological polar surface area (TPSA) is 87.5 Å². The van der Waals surface area contributed by atoms with Gasteiger partial charge in [-0.15, -0.1) is 0 Å². The molecule has 0 aliphatic rings. The first-order chi connectivity index (χ1) is 8.31. The maximum Gasteiger partial charge on any atom is 0.321 e. The molecule has 0 aliphatic heterocycles. The van der Waals surface area contributed by atoms with Crippen molar-refractivity contribution in [3.63, 3.8) is 0 Å². The van der Waals surface area contributed by atoms with Crippen LogP contribution in [-0.2, 0) is 19.6 Å². The highest BCUT2D eigenvalue weighted by Crippen LogP contribution is 2.15. The molecule has 1 atom stereocenters. The Labute approximate surface area is 109 Å². The summed E-state index contributed by atoms with van der Waals surface area (Å²) in [6.07, 6.45) is 0.185. The predicted molar refractivity (Wildman–Crippen MR) is 67.1 cm³/mol. The molecule has 0 bridgehead atoms. The predicted octanol–water partition coefficient (Wildman–Crippen LogP) is 0.892. The minimum atomic E-state index is -3.80. The van der Waals surface area contributed by atoms with Gasteiger partial charge in [0, 0.05) is 6.04 Å². The van der Waals surface area contributed by atoms with Gasteiger partial charge in [0.2, 0.25) is 10.0 Å². The average Bonchev–Trinajstić information content (AvgIpc) is 2.27. The Kier molecular flexibility index (Phi) is 6.88. The molecular weight excluding hydrogens is 256 g/mol. The number of carbonyl (C=O) groups excluding carboxylic acids is 1. The summed E-state index contributed by atoms with van der Waals surface area (Å²) >= 11 is 0. The lowest BCUT2D eigenvalue weighted by Crippen LogP contribution is -2.45. The monoisotopic (exact) mass is 276 g/mol. The van der Waals surface area contributed by atoms with E-state index in [4.69, 9.17) is 10.00 Å². The molecule has 0 aromatic carbocycles. The fourth-order valence-corrected chi connectivity index (χ4v) is 3.19. The van der Waals surface area contributed by atoms with Crippen molar-refractivity contribution in [1.29, 1.82) is 5.26 Å². The molecule has 0 amide bonds. The first-order valence-corrected chi connectivity index (χ1v) is 7.37. The van der Waals surface area contributed by atoms with Crippen LogP contribution in [0.2, 0.25) is 0 Å². The number of nitriles is 1. The van der Waals surface area contributed by atoms with Gasteiger partial charge in [0.25, 0.3) is 0 Å². The molecule has 18 heavy (non-hydrogen) atoms. The second-order valence-electron chi connectivity index (χ2n) is 4.01. The normalized spacial score (nSPS) is 13.4. The second kappa shape index (κ2) is 7.34. The van der Waals surface area contributed by atoms with E-state index in [2.05, 4.69) is 0 Å². The summed E-state index contributed by atoms with van der Waals surface area (Å²) in [5.74, 6) is -0.609. The largest absolute Gasteiger partial charge is 0.465 e. The molecule has 0 saturated heterocycles. The summed E-state index contributed by atoms with van der Waals surface area (Å²) in [5.41, 5.74) is 0. The van der Waals surface area contributed by atoms with Crippen molar-refractivity contribution < 1.29 is 17.9 Å². The van der Waals surface area contributed by atoms with Crippen molar-refractivity contribution >= 4 is 16.0 Å². The molecule has 104 valence electrons. The van der Waals surface area contributed by atoms with Gasteiger partial charge in [0.05, 0.1) is 12.7 Å². The summed E-state index contributed by atoms with van der Waals surface area (Å²) in [6.45, 7) is 6.42. The van der Waals surface area contributed by atoms with Crippen molar-refractivity contribution in [2.75, 3.05) is 13.2 Å². The van der Waals surface area contributed by atoms with Crippen LogP contribution in [0.5, 0.6) is 0 Å². The van der Waals surface area contributed by atoms with E-state index in [0.717, 1.165) is 4.31 Å². The van der Waals surface area contributed by atoms with Gasteiger partial charge in [-0.2, -0.15) is 9.57 Å². The number of rotatable bonds is 7. The average molecular weight is 276 g/mol. The van der Waals surface area contributed by atoms with E-state index < -0.39 is 27.3 Å². The molecule has 1 unspecified atom stereocenters. The summed E-state index contributed by atoms with van der Waals surface area (Å²) in [7, 11) is -3.80. The molecule has 0 aromatic heterocycles. The molecule has 0 radical (unpaired) electrons. The smallest absolute Gasteiger partial charge is 0.321 e. The molecule has 0 aromatic rings. The van der Waals surface area contributed by atoms with E-state index in [0.29, 0.717) is 0 Å². The second-order valence-corrected chi connectivity index (χ2v) is 6.08. The Balaban J connectivity index is 5.13. The van der Waals surface area contributed by atoms with Crippen LogP contribution in [0.25, 0.3) is 0 Å². The van der Waals surface area contributed by atoms with Gasteiger partial charge in [-0.3, -0.25) is 4.79 Å². The van der Waals surface area contributed by atoms with Crippen LogP contribution in [0.1, 0.15) is 34.1 Å². The molecule has 6 nitrogen and oxygen atoms in total. The minimum Gasteiger partial charge on any atom is -0.465 e. The number of sulfonamides is 1. The fourth-order valence-electron chi connectivity index (χ4n) is 1.43. The number of ether oxygens (including phenoxy) is 1. The summed E-state index contributed by atoms with van der Waals surface area (Å²) < 4.78 is 30.1. The number of nitrogens with zero attached hydrogens (tertiary/aromatic N) is 2. The van der Waals surface area contributed by atoms with Crippen molar-refractivity contribution in [1.82, 2.24) is 4.31 Å². The van der Waals surface area contributed by atoms with Crippen molar-refractivity contribution in [2.45, 2.75) is 45.4 Å². The maximum atomic E-state index is 12.2. The van der Waals surface area contributed by atoms with Crippen LogP contribution >= 0.6 is 0 Å². The Morgan fingerprint density at radius 2 is 1.94 bits per heavy atom. The van der Waals surface area contributed by atoms with Gasteiger partial charge >= 0.3 is 5.97 Å². The zero-order valence-corrected chi connectivity index (χ0v) is 12.0. The zero-order valence-electron chi connectivity index (χ0n) is 11.2. The molecule has 0 saturated carbocycles. The quantitative estimate of drug-likeness (QED) is 0.644. The first kappa shape index (κ1) is 16.9. The molecule has 7 heteroatoms. The summed E-state index contributed by atoms with van der Waals surface area (Å²) in [4.78, 5) is 11.4. The molecule has 0 heterocycles. The fraction of sp³-hybridized carbons (Fsp3) is 0.818. The first-order valence-electron chi connectivity index (χ1n) is 5.87. The molecule has 0 spiro atoms. The summed E-state index contributed by atoms with van der Waals surface area (Å²) in [5, 5.41) is 7.73. The Morgan fingerprint density at radius 1 is 1.39 bits per heavy atom. The van der Waals surface area contributed by atoms with Crippen LogP contribution in [0, 0.1) is 11.3 Å². The lowest BCUT2D eigenvalue weighted by Gasteiger charge is -2.26. The van der Waals surface area contributed by atoms with E-state index in [9.17, 15) is 13.2 Å². The Bertz CT molecular complexity index is 411. The van der Waals surface area contributed by atoms with Gasteiger partial charge in [-0.1, -0.05) is 6.92 Å². The van der Waals surface area contributed by atoms with Crippen LogP contribution in [0.3, 0.4) is 0 Å². The molecule has 0 aliphatic carbocycles. The highest BCUT2D eigenvalue weighted by Gasteiger charge is 2.34. The van der Waals surface area contributed by atoms with E-state index in [-0.39, 0.29) is 19.6 Å². The molecule has 0 fully saturated rings. The van der Waals surface area contributed by atoms with Crippen LogP contribution in [0.15, 0.2) is 0 Å². The SMILES string of the molecule is CCOC(=O)CN(C(C)C)S(=O)(=O)C(C#N)CC. The van der Waals surface area contributed by atoms with Crippen LogP contribution < -0.4 is 0 Å². The van der Waals surface area contributed by atoms with Crippen molar-refractivity contribution in [3.05, 3.63) is 0 Å². The molecular formula is C11H20N2O4S. The van der Waals surface area contributed by atoms with Crippen LogP contribution in [0.4, 0.5) is 0 Å². The van der Waals surface area contributed by atoms with Gasteiger partial charge in [-0.05, 0) is 27.2 Å². The Morgan fingerprint density at radius 3 is 2.28 bits per heavy atom. The standard InChI is InChI=1S/C11H20N2O4S/c1-5-10(7-12)18(15,16)13(9(3)4)8-11(14)17-6-2/h9-10H,5-6,8H2,1-4H3. The number of hydrogen-bond acceptors (Lipinski definition) is 5.